The van der Waals surface area contributed by atoms with Gasteiger partial charge in [-0.1, -0.05) is 17.2 Å². The molecule has 0 fully saturated rings. The summed E-state index contributed by atoms with van der Waals surface area (Å²) in [6, 6.07) is 0. The van der Waals surface area contributed by atoms with Crippen LogP contribution in [0.15, 0.2) is 57.1 Å². The minimum Gasteiger partial charge on any atom is -0.353 e. The van der Waals surface area contributed by atoms with Gasteiger partial charge in [0.05, 0.1) is 17.0 Å². The van der Waals surface area contributed by atoms with Gasteiger partial charge < -0.3 is 5.32 Å². The Labute approximate surface area is 120 Å². The molecule has 0 unspecified atom stereocenters. The van der Waals surface area contributed by atoms with Crippen LogP contribution in [-0.2, 0) is 4.79 Å². The summed E-state index contributed by atoms with van der Waals surface area (Å²) in [6.07, 6.45) is 5.57. The van der Waals surface area contributed by atoms with E-state index in [-0.39, 0.29) is 27.9 Å². The van der Waals surface area contributed by atoms with Crippen molar-refractivity contribution < 1.29 is 9.72 Å². The summed E-state index contributed by atoms with van der Waals surface area (Å²) in [5.41, 5.74) is 4.15. The molecule has 6 heteroatoms. The van der Waals surface area contributed by atoms with E-state index in [9.17, 15) is 14.9 Å². The van der Waals surface area contributed by atoms with Crippen LogP contribution < -0.4 is 5.32 Å². The number of nitro groups is 1. The van der Waals surface area contributed by atoms with Gasteiger partial charge in [-0.25, -0.2) is 0 Å². The number of hydrogen-bond acceptors (Lipinski definition) is 4. The number of Topliss-reactive ketones (excluding diaryl/α,β-unsaturated/α-hetero) is 1. The Balaban J connectivity index is 2.11. The Morgan fingerprint density at radius 3 is 2.80 bits per heavy atom. The van der Waals surface area contributed by atoms with Crippen LogP contribution in [0.25, 0.3) is 0 Å². The first kappa shape index (κ1) is 12.9. The number of carbonyl (C=O) groups excluding carboxylic acids is 1. The summed E-state index contributed by atoms with van der Waals surface area (Å²) < 4.78 is 0. The maximum atomic E-state index is 11.8. The summed E-state index contributed by atoms with van der Waals surface area (Å²) in [7, 11) is 0. The number of fused-ring (bicyclic) bond motifs is 2. The van der Waals surface area contributed by atoms with Gasteiger partial charge in [0.25, 0.3) is 5.70 Å². The lowest BCUT2D eigenvalue weighted by molar-refractivity contribution is -0.427. The Bertz CT molecular complexity index is 708. The molecule has 2 aliphatic carbocycles. The fourth-order valence-corrected chi connectivity index (χ4v) is 2.74. The summed E-state index contributed by atoms with van der Waals surface area (Å²) >= 11 is 6.07. The smallest absolute Gasteiger partial charge is 0.250 e. The van der Waals surface area contributed by atoms with Crippen molar-refractivity contribution >= 4 is 17.4 Å². The van der Waals surface area contributed by atoms with Crippen molar-refractivity contribution in [3.8, 4) is 0 Å². The number of carbonyl (C=O) groups is 1. The minimum atomic E-state index is -0.377. The largest absolute Gasteiger partial charge is 0.353 e. The molecule has 3 aliphatic rings. The Hall–Kier alpha value is -2.14. The van der Waals surface area contributed by atoms with E-state index >= 15 is 0 Å². The highest BCUT2D eigenvalue weighted by Gasteiger charge is 2.30. The molecule has 0 aromatic heterocycles. The van der Waals surface area contributed by atoms with Gasteiger partial charge >= 0.3 is 0 Å². The molecule has 0 radical (unpaired) electrons. The van der Waals surface area contributed by atoms with Crippen molar-refractivity contribution in [2.24, 2.45) is 0 Å². The van der Waals surface area contributed by atoms with Crippen LogP contribution in [0.2, 0.25) is 0 Å². The second kappa shape index (κ2) is 4.45. The number of halogens is 1. The van der Waals surface area contributed by atoms with Crippen LogP contribution in [0.3, 0.4) is 0 Å². The zero-order valence-corrected chi connectivity index (χ0v) is 11.5. The molecule has 0 spiro atoms. The molecule has 0 aromatic carbocycles. The zero-order chi connectivity index (χ0) is 14.4. The molecular formula is C14H11ClN2O3. The van der Waals surface area contributed by atoms with Crippen LogP contribution in [0.5, 0.6) is 0 Å². The van der Waals surface area contributed by atoms with Gasteiger partial charge in [-0.15, -0.1) is 0 Å². The van der Waals surface area contributed by atoms with Gasteiger partial charge in [-0.2, -0.15) is 0 Å². The van der Waals surface area contributed by atoms with Crippen LogP contribution in [0.4, 0.5) is 0 Å². The van der Waals surface area contributed by atoms with Crippen molar-refractivity contribution in [1.29, 1.82) is 0 Å². The highest BCUT2D eigenvalue weighted by atomic mass is 35.5. The lowest BCUT2D eigenvalue weighted by Gasteiger charge is -2.29. The van der Waals surface area contributed by atoms with Crippen molar-refractivity contribution in [2.75, 3.05) is 0 Å². The molecule has 0 aromatic rings. The fourth-order valence-electron chi connectivity index (χ4n) is 2.52. The molecule has 1 heterocycles. The lowest BCUT2D eigenvalue weighted by atomic mass is 9.87. The molecular weight excluding hydrogens is 280 g/mol. The summed E-state index contributed by atoms with van der Waals surface area (Å²) in [4.78, 5) is 22.2. The molecule has 0 amide bonds. The van der Waals surface area contributed by atoms with Crippen LogP contribution in [0.1, 0.15) is 19.8 Å². The quantitative estimate of drug-likeness (QED) is 0.595. The SMILES string of the molecule is CC1=C2C=C3CC([N+](=O)[O-])=CC=C3NC2=C(Cl)C(=O)C1. The van der Waals surface area contributed by atoms with Gasteiger partial charge in [0.1, 0.15) is 5.03 Å². The van der Waals surface area contributed by atoms with E-state index in [1.165, 1.54) is 6.08 Å². The van der Waals surface area contributed by atoms with E-state index in [0.29, 0.717) is 12.1 Å². The second-order valence-corrected chi connectivity index (χ2v) is 5.33. The summed E-state index contributed by atoms with van der Waals surface area (Å²) in [5, 5.41) is 14.2. The topological polar surface area (TPSA) is 72.2 Å². The van der Waals surface area contributed by atoms with E-state index in [1.807, 2.05) is 13.0 Å². The molecule has 20 heavy (non-hydrogen) atoms. The molecule has 5 nitrogen and oxygen atoms in total. The first-order valence-electron chi connectivity index (χ1n) is 6.13. The van der Waals surface area contributed by atoms with Gasteiger partial charge in [0.2, 0.25) is 0 Å². The predicted molar refractivity (Wildman–Crippen MR) is 74.2 cm³/mol. The van der Waals surface area contributed by atoms with Gasteiger partial charge in [-0.3, -0.25) is 14.9 Å². The average Bonchev–Trinajstić information content (AvgIpc) is 2.42. The van der Waals surface area contributed by atoms with Crippen molar-refractivity contribution in [3.05, 3.63) is 67.2 Å². The summed E-state index contributed by atoms with van der Waals surface area (Å²) in [5.74, 6) is -0.106. The van der Waals surface area contributed by atoms with E-state index < -0.39 is 0 Å². The van der Waals surface area contributed by atoms with Crippen LogP contribution >= 0.6 is 11.6 Å². The third-order valence-electron chi connectivity index (χ3n) is 3.59. The standard InChI is InChI=1S/C14H11ClN2O3/c1-7-4-12(18)13(15)14-10(7)6-8-5-9(17(19)20)2-3-11(8)16-14/h2-3,6,16H,4-5H2,1H3. The number of nitrogens with one attached hydrogen (secondary N) is 1. The Morgan fingerprint density at radius 2 is 2.10 bits per heavy atom. The maximum absolute atomic E-state index is 11.8. The monoisotopic (exact) mass is 290 g/mol. The third-order valence-corrected chi connectivity index (χ3v) is 3.99. The Morgan fingerprint density at radius 1 is 1.35 bits per heavy atom. The van der Waals surface area contributed by atoms with E-state index in [2.05, 4.69) is 5.32 Å². The molecule has 0 bridgehead atoms. The van der Waals surface area contributed by atoms with Crippen molar-refractivity contribution in [1.82, 2.24) is 5.32 Å². The normalized spacial score (nSPS) is 21.5. The van der Waals surface area contributed by atoms with E-state index in [1.54, 1.807) is 6.08 Å². The number of ketones is 1. The zero-order valence-electron chi connectivity index (χ0n) is 10.7. The fraction of sp³-hybridized carbons (Fsp3) is 0.214. The third kappa shape index (κ3) is 1.91. The Kier molecular flexibility index (Phi) is 2.87. The van der Waals surface area contributed by atoms with Crippen molar-refractivity contribution in [2.45, 2.75) is 19.8 Å². The molecule has 1 N–H and O–H groups in total. The molecule has 3 rings (SSSR count). The highest BCUT2D eigenvalue weighted by molar-refractivity contribution is 6.43. The molecule has 1 aliphatic heterocycles. The van der Waals surface area contributed by atoms with Crippen molar-refractivity contribution in [3.63, 3.8) is 0 Å². The van der Waals surface area contributed by atoms with E-state index in [0.717, 1.165) is 22.4 Å². The summed E-state index contributed by atoms with van der Waals surface area (Å²) in [6.45, 7) is 1.87. The number of allylic oxidation sites excluding steroid dienone is 7. The van der Waals surface area contributed by atoms with Crippen LogP contribution in [-0.4, -0.2) is 10.7 Å². The van der Waals surface area contributed by atoms with Gasteiger partial charge in [0, 0.05) is 18.2 Å². The minimum absolute atomic E-state index is 0.106. The molecule has 102 valence electrons. The average molecular weight is 291 g/mol. The second-order valence-electron chi connectivity index (χ2n) is 4.95. The van der Waals surface area contributed by atoms with Crippen LogP contribution in [0, 0.1) is 10.1 Å². The molecule has 0 saturated carbocycles. The maximum Gasteiger partial charge on any atom is 0.250 e. The number of rotatable bonds is 1. The van der Waals surface area contributed by atoms with E-state index in [4.69, 9.17) is 11.6 Å². The molecule has 0 atom stereocenters. The molecule has 0 saturated heterocycles. The van der Waals surface area contributed by atoms with Gasteiger partial charge in [-0.05, 0) is 30.2 Å². The highest BCUT2D eigenvalue weighted by Crippen LogP contribution is 2.37. The first-order valence-corrected chi connectivity index (χ1v) is 6.51. The lowest BCUT2D eigenvalue weighted by Crippen LogP contribution is -2.27. The number of hydrogen-bond donors (Lipinski definition) is 1. The first-order chi connectivity index (χ1) is 9.47. The van der Waals surface area contributed by atoms with Gasteiger partial charge in [0.15, 0.2) is 5.78 Å². The number of nitrogens with zero attached hydrogens (tertiary/aromatic N) is 1. The predicted octanol–water partition coefficient (Wildman–Crippen LogP) is 2.70.